The zero-order valence-corrected chi connectivity index (χ0v) is 14.3. The first kappa shape index (κ1) is 17.2. The first-order valence-electron chi connectivity index (χ1n) is 7.63. The minimum atomic E-state index is -0.194. The number of urea groups is 1. The van der Waals surface area contributed by atoms with Crippen LogP contribution in [0.2, 0.25) is 0 Å². The second-order valence-corrected chi connectivity index (χ2v) is 5.72. The fraction of sp³-hybridized carbons (Fsp3) is 0.278. The van der Waals surface area contributed by atoms with Gasteiger partial charge in [-0.1, -0.05) is 30.3 Å². The van der Waals surface area contributed by atoms with Crippen molar-refractivity contribution in [1.82, 2.24) is 5.32 Å². The van der Waals surface area contributed by atoms with Crippen molar-refractivity contribution in [2.24, 2.45) is 0 Å². The Hall–Kier alpha value is -2.14. The number of rotatable bonds is 7. The van der Waals surface area contributed by atoms with Crippen LogP contribution in [-0.4, -0.2) is 25.4 Å². The first-order chi connectivity index (χ1) is 11.2. The summed E-state index contributed by atoms with van der Waals surface area (Å²) in [6.07, 6.45) is 2.72. The summed E-state index contributed by atoms with van der Waals surface area (Å²) in [6, 6.07) is 15.5. The van der Waals surface area contributed by atoms with E-state index >= 15 is 0 Å². The lowest BCUT2D eigenvalue weighted by Gasteiger charge is -2.12. The molecule has 0 fully saturated rings. The standard InChI is InChI=1S/C18H22N2O2S/c1-3-22-16-10-6-4-8-14(16)12-13-19-18(21)20-15-9-5-7-11-17(15)23-2/h4-11H,3,12-13H2,1-2H3,(H2,19,20,21). The van der Waals surface area contributed by atoms with Gasteiger partial charge in [-0.05, 0) is 43.4 Å². The average molecular weight is 330 g/mol. The molecule has 0 aliphatic heterocycles. The van der Waals surface area contributed by atoms with Gasteiger partial charge in [0, 0.05) is 11.4 Å². The number of anilines is 1. The second-order valence-electron chi connectivity index (χ2n) is 4.87. The lowest BCUT2D eigenvalue weighted by molar-refractivity contribution is 0.252. The van der Waals surface area contributed by atoms with Crippen LogP contribution in [0.1, 0.15) is 12.5 Å². The number of amides is 2. The molecule has 5 heteroatoms. The van der Waals surface area contributed by atoms with E-state index in [1.165, 1.54) is 0 Å². The van der Waals surface area contributed by atoms with Gasteiger partial charge in [0.15, 0.2) is 0 Å². The summed E-state index contributed by atoms with van der Waals surface area (Å²) >= 11 is 1.61. The molecule has 2 aromatic rings. The Morgan fingerprint density at radius 3 is 2.65 bits per heavy atom. The molecule has 0 unspecified atom stereocenters. The van der Waals surface area contributed by atoms with Gasteiger partial charge in [0.1, 0.15) is 5.75 Å². The van der Waals surface area contributed by atoms with Crippen molar-refractivity contribution in [1.29, 1.82) is 0 Å². The number of para-hydroxylation sites is 2. The van der Waals surface area contributed by atoms with E-state index in [0.29, 0.717) is 13.2 Å². The maximum absolute atomic E-state index is 12.0. The molecule has 0 aliphatic carbocycles. The molecule has 2 aromatic carbocycles. The molecule has 0 radical (unpaired) electrons. The molecule has 2 rings (SSSR count). The third-order valence-electron chi connectivity index (χ3n) is 3.31. The maximum atomic E-state index is 12.0. The summed E-state index contributed by atoms with van der Waals surface area (Å²) in [6.45, 7) is 3.15. The van der Waals surface area contributed by atoms with Gasteiger partial charge >= 0.3 is 6.03 Å². The van der Waals surface area contributed by atoms with Gasteiger partial charge in [0.05, 0.1) is 12.3 Å². The van der Waals surface area contributed by atoms with Crippen LogP contribution in [-0.2, 0) is 6.42 Å². The third-order valence-corrected chi connectivity index (χ3v) is 4.10. The van der Waals surface area contributed by atoms with Crippen molar-refractivity contribution in [3.05, 3.63) is 54.1 Å². The smallest absolute Gasteiger partial charge is 0.319 e. The quantitative estimate of drug-likeness (QED) is 0.749. The Balaban J connectivity index is 1.85. The van der Waals surface area contributed by atoms with E-state index in [2.05, 4.69) is 10.6 Å². The van der Waals surface area contributed by atoms with Crippen molar-refractivity contribution < 1.29 is 9.53 Å². The highest BCUT2D eigenvalue weighted by atomic mass is 32.2. The predicted molar refractivity (Wildman–Crippen MR) is 96.6 cm³/mol. The summed E-state index contributed by atoms with van der Waals surface area (Å²) in [5, 5.41) is 5.77. The highest BCUT2D eigenvalue weighted by Crippen LogP contribution is 2.24. The van der Waals surface area contributed by atoms with Crippen molar-refractivity contribution in [2.45, 2.75) is 18.2 Å². The molecular formula is C18H22N2O2S. The summed E-state index contributed by atoms with van der Waals surface area (Å²) in [5.74, 6) is 0.880. The van der Waals surface area contributed by atoms with E-state index in [1.807, 2.05) is 61.7 Å². The number of hydrogen-bond acceptors (Lipinski definition) is 3. The van der Waals surface area contributed by atoms with E-state index in [4.69, 9.17) is 4.74 Å². The van der Waals surface area contributed by atoms with Crippen molar-refractivity contribution in [2.75, 3.05) is 24.7 Å². The number of benzene rings is 2. The van der Waals surface area contributed by atoms with Gasteiger partial charge in [-0.2, -0.15) is 0 Å². The zero-order valence-electron chi connectivity index (χ0n) is 13.5. The van der Waals surface area contributed by atoms with Crippen LogP contribution in [0.3, 0.4) is 0 Å². The van der Waals surface area contributed by atoms with Gasteiger partial charge in [-0.25, -0.2) is 4.79 Å². The van der Waals surface area contributed by atoms with Crippen LogP contribution in [0.4, 0.5) is 10.5 Å². The van der Waals surface area contributed by atoms with Crippen LogP contribution in [0, 0.1) is 0 Å². The maximum Gasteiger partial charge on any atom is 0.319 e. The van der Waals surface area contributed by atoms with Crippen LogP contribution >= 0.6 is 11.8 Å². The molecule has 2 N–H and O–H groups in total. The van der Waals surface area contributed by atoms with Gasteiger partial charge in [-0.3, -0.25) is 0 Å². The van der Waals surface area contributed by atoms with Gasteiger partial charge in [-0.15, -0.1) is 11.8 Å². The topological polar surface area (TPSA) is 50.4 Å². The fourth-order valence-electron chi connectivity index (χ4n) is 2.23. The average Bonchev–Trinajstić information content (AvgIpc) is 2.57. The Morgan fingerprint density at radius 1 is 1.13 bits per heavy atom. The van der Waals surface area contributed by atoms with Gasteiger partial charge in [0.2, 0.25) is 0 Å². The summed E-state index contributed by atoms with van der Waals surface area (Å²) in [5.41, 5.74) is 1.92. The molecule has 2 amide bonds. The molecule has 4 nitrogen and oxygen atoms in total. The van der Waals surface area contributed by atoms with E-state index in [0.717, 1.165) is 28.3 Å². The minimum absolute atomic E-state index is 0.194. The monoisotopic (exact) mass is 330 g/mol. The second kappa shape index (κ2) is 9.10. The Bertz CT molecular complexity index is 646. The Labute approximate surface area is 141 Å². The molecule has 0 spiro atoms. The van der Waals surface area contributed by atoms with Crippen LogP contribution in [0.15, 0.2) is 53.4 Å². The summed E-state index contributed by atoms with van der Waals surface area (Å²) < 4.78 is 5.59. The highest BCUT2D eigenvalue weighted by Gasteiger charge is 2.06. The first-order valence-corrected chi connectivity index (χ1v) is 8.85. The lowest BCUT2D eigenvalue weighted by atomic mass is 10.1. The molecule has 122 valence electrons. The number of hydrogen-bond donors (Lipinski definition) is 2. The molecule has 0 atom stereocenters. The number of carbonyl (C=O) groups is 1. The lowest BCUT2D eigenvalue weighted by Crippen LogP contribution is -2.30. The van der Waals surface area contributed by atoms with Gasteiger partial charge < -0.3 is 15.4 Å². The van der Waals surface area contributed by atoms with Crippen LogP contribution < -0.4 is 15.4 Å². The largest absolute Gasteiger partial charge is 0.494 e. The molecule has 0 aliphatic rings. The van der Waals surface area contributed by atoms with E-state index < -0.39 is 0 Å². The summed E-state index contributed by atoms with van der Waals surface area (Å²) in [4.78, 5) is 13.1. The molecule has 0 saturated heterocycles. The Kier molecular flexibility index (Phi) is 6.81. The van der Waals surface area contributed by atoms with Crippen molar-refractivity contribution >= 4 is 23.5 Å². The fourth-order valence-corrected chi connectivity index (χ4v) is 2.79. The molecular weight excluding hydrogens is 308 g/mol. The minimum Gasteiger partial charge on any atom is -0.494 e. The van der Waals surface area contributed by atoms with Crippen molar-refractivity contribution in [3.63, 3.8) is 0 Å². The summed E-state index contributed by atoms with van der Waals surface area (Å²) in [7, 11) is 0. The molecule has 0 bridgehead atoms. The van der Waals surface area contributed by atoms with Crippen LogP contribution in [0.5, 0.6) is 5.75 Å². The predicted octanol–water partition coefficient (Wildman–Crippen LogP) is 4.17. The number of ether oxygens (including phenoxy) is 1. The van der Waals surface area contributed by atoms with Crippen molar-refractivity contribution in [3.8, 4) is 5.75 Å². The molecule has 0 heterocycles. The normalized spacial score (nSPS) is 10.2. The highest BCUT2D eigenvalue weighted by molar-refractivity contribution is 7.98. The number of carbonyl (C=O) groups excluding carboxylic acids is 1. The Morgan fingerprint density at radius 2 is 1.87 bits per heavy atom. The third kappa shape index (κ3) is 5.21. The zero-order chi connectivity index (χ0) is 16.5. The van der Waals surface area contributed by atoms with E-state index in [9.17, 15) is 4.79 Å². The van der Waals surface area contributed by atoms with Crippen LogP contribution in [0.25, 0.3) is 0 Å². The van der Waals surface area contributed by atoms with E-state index in [-0.39, 0.29) is 6.03 Å². The van der Waals surface area contributed by atoms with E-state index in [1.54, 1.807) is 11.8 Å². The number of nitrogens with one attached hydrogen (secondary N) is 2. The van der Waals surface area contributed by atoms with Gasteiger partial charge in [0.25, 0.3) is 0 Å². The SMILES string of the molecule is CCOc1ccccc1CCNC(=O)Nc1ccccc1SC. The molecule has 0 aromatic heterocycles. The number of thioether (sulfide) groups is 1. The molecule has 23 heavy (non-hydrogen) atoms. The molecule has 0 saturated carbocycles.